The summed E-state index contributed by atoms with van der Waals surface area (Å²) in [6.45, 7) is 16.3. The molecule has 0 saturated carbocycles. The zero-order valence-electron chi connectivity index (χ0n) is 19.8. The lowest BCUT2D eigenvalue weighted by Gasteiger charge is -2.38. The van der Waals surface area contributed by atoms with Crippen LogP contribution in [-0.2, 0) is 0 Å². The van der Waals surface area contributed by atoms with Crippen LogP contribution in [0.25, 0.3) is 33.4 Å². The second kappa shape index (κ2) is 7.89. The summed E-state index contributed by atoms with van der Waals surface area (Å²) in [6.07, 6.45) is 0. The van der Waals surface area contributed by atoms with Crippen LogP contribution in [0.1, 0.15) is 58.2 Å². The van der Waals surface area contributed by atoms with Crippen molar-refractivity contribution in [2.45, 2.75) is 65.1 Å². The first kappa shape index (κ1) is 22.0. The van der Waals surface area contributed by atoms with Crippen molar-refractivity contribution in [3.63, 3.8) is 0 Å². The Morgan fingerprint density at radius 3 is 1.62 bits per heavy atom. The highest BCUT2D eigenvalue weighted by Crippen LogP contribution is 2.47. The molecule has 4 heteroatoms. The summed E-state index contributed by atoms with van der Waals surface area (Å²) in [6, 6.07) is 4.58. The molecule has 3 aromatic heterocycles. The number of thiophene rings is 3. The topological polar surface area (TPSA) is 0 Å². The lowest BCUT2D eigenvalue weighted by molar-refractivity contribution is 0.838. The molecule has 3 heterocycles. The second-order valence-electron chi connectivity index (χ2n) is 9.61. The highest BCUT2D eigenvalue weighted by atomic mass is 32.1. The summed E-state index contributed by atoms with van der Waals surface area (Å²) < 4.78 is 2.72. The van der Waals surface area contributed by atoms with E-state index < -0.39 is 8.07 Å². The smallest absolute Gasteiger partial charge is 0.142 e. The number of rotatable bonds is 3. The molecule has 0 aromatic carbocycles. The molecule has 2 aliphatic rings. The van der Waals surface area contributed by atoms with Crippen molar-refractivity contribution in [1.82, 2.24) is 0 Å². The van der Waals surface area contributed by atoms with Gasteiger partial charge in [-0.05, 0) is 46.4 Å². The lowest BCUT2D eigenvalue weighted by Crippen LogP contribution is -2.43. The molecule has 32 heavy (non-hydrogen) atoms. The van der Waals surface area contributed by atoms with Crippen molar-refractivity contribution in [2.75, 3.05) is 0 Å². The van der Waals surface area contributed by atoms with Crippen molar-refractivity contribution in [1.29, 1.82) is 0 Å². The minimum atomic E-state index is -1.79. The van der Waals surface area contributed by atoms with Crippen molar-refractivity contribution in [3.05, 3.63) is 41.7 Å². The van der Waals surface area contributed by atoms with Gasteiger partial charge in [0.2, 0.25) is 0 Å². The van der Waals surface area contributed by atoms with Gasteiger partial charge in [-0.1, -0.05) is 53.4 Å². The Kier molecular flexibility index (Phi) is 5.42. The summed E-state index contributed by atoms with van der Waals surface area (Å²) >= 11 is 5.58. The average Bonchev–Trinajstić information content (AvgIpc) is 3.49. The molecule has 162 valence electrons. The Morgan fingerprint density at radius 1 is 0.719 bits per heavy atom. The fraction of sp³-hybridized carbons (Fsp3) is 0.357. The third-order valence-electron chi connectivity index (χ3n) is 7.21. The van der Waals surface area contributed by atoms with E-state index in [-0.39, 0.29) is 0 Å². The second-order valence-corrected chi connectivity index (χ2v) is 18.0. The van der Waals surface area contributed by atoms with Gasteiger partial charge in [0.1, 0.15) is 8.07 Å². The van der Waals surface area contributed by atoms with Gasteiger partial charge in [0.15, 0.2) is 0 Å². The minimum Gasteiger partial charge on any atom is -0.142 e. The van der Waals surface area contributed by atoms with E-state index in [0.717, 1.165) is 0 Å². The Morgan fingerprint density at radius 2 is 1.19 bits per heavy atom. The normalized spacial score (nSPS) is 13.7. The van der Waals surface area contributed by atoms with Crippen molar-refractivity contribution in [3.8, 4) is 45.6 Å². The Balaban J connectivity index is 1.84. The fourth-order valence-corrected chi connectivity index (χ4v) is 14.4. The molecule has 2 aliphatic carbocycles. The zero-order chi connectivity index (χ0) is 22.8. The molecule has 0 aliphatic heterocycles. The molecule has 0 unspecified atom stereocenters. The molecule has 0 fully saturated rings. The molecular weight excluding hydrogens is 461 g/mol. The molecule has 0 nitrogen and oxygen atoms in total. The maximum Gasteiger partial charge on any atom is 0.146 e. The van der Waals surface area contributed by atoms with E-state index in [0.29, 0.717) is 16.6 Å². The van der Waals surface area contributed by atoms with Gasteiger partial charge in [-0.2, -0.15) is 0 Å². The first-order valence-electron chi connectivity index (χ1n) is 11.4. The molecule has 0 spiro atoms. The number of fused-ring (bicyclic) bond motifs is 7. The summed E-state index contributed by atoms with van der Waals surface area (Å²) in [7, 11) is -1.79. The Labute approximate surface area is 204 Å². The molecule has 3 aromatic rings. The quantitative estimate of drug-likeness (QED) is 0.265. The maximum absolute atomic E-state index is 3.99. The van der Waals surface area contributed by atoms with Crippen molar-refractivity contribution < 1.29 is 0 Å². The highest BCUT2D eigenvalue weighted by Gasteiger charge is 2.42. The lowest BCUT2D eigenvalue weighted by atomic mass is 10.0. The number of hydrogen-bond donors (Lipinski definition) is 0. The fourth-order valence-electron chi connectivity index (χ4n) is 5.86. The van der Waals surface area contributed by atoms with E-state index in [1.54, 1.807) is 0 Å². The van der Waals surface area contributed by atoms with E-state index >= 15 is 0 Å². The minimum absolute atomic E-state index is 0.640. The van der Waals surface area contributed by atoms with E-state index in [2.05, 4.69) is 87.7 Å². The third kappa shape index (κ3) is 2.87. The molecule has 0 bridgehead atoms. The van der Waals surface area contributed by atoms with Crippen LogP contribution in [0.15, 0.2) is 22.9 Å². The van der Waals surface area contributed by atoms with Gasteiger partial charge in [-0.3, -0.25) is 0 Å². The molecular formula is C28H28S3Si. The van der Waals surface area contributed by atoms with Crippen LogP contribution in [0.4, 0.5) is 0 Å². The van der Waals surface area contributed by atoms with E-state index in [9.17, 15) is 0 Å². The standard InChI is InChI=1S/C28H28S3Si/c1-8-9-21-25-19(10-13-29-25)23-24-20-11-14-30-26(20)22(28(24)31-27(21)23)12-15-32(16(2)3,17(4)5)18(6)7/h10-11,13-14,16-18H,1-7H3. The predicted octanol–water partition coefficient (Wildman–Crippen LogP) is 7.47. The van der Waals surface area contributed by atoms with Crippen molar-refractivity contribution in [2.24, 2.45) is 0 Å². The summed E-state index contributed by atoms with van der Waals surface area (Å²) in [4.78, 5) is 2.71. The molecule has 0 N–H and O–H groups in total. The van der Waals surface area contributed by atoms with Gasteiger partial charge < -0.3 is 0 Å². The van der Waals surface area contributed by atoms with Gasteiger partial charge in [0, 0.05) is 22.3 Å². The molecule has 0 saturated heterocycles. The predicted molar refractivity (Wildman–Crippen MR) is 147 cm³/mol. The molecule has 0 amide bonds. The van der Waals surface area contributed by atoms with Crippen LogP contribution in [0.3, 0.4) is 0 Å². The van der Waals surface area contributed by atoms with Gasteiger partial charge >= 0.3 is 0 Å². The van der Waals surface area contributed by atoms with E-state index in [1.165, 1.54) is 52.2 Å². The molecule has 5 rings (SSSR count). The van der Waals surface area contributed by atoms with Crippen LogP contribution in [0, 0.1) is 23.3 Å². The third-order valence-corrected chi connectivity index (χ3v) is 16.6. The van der Waals surface area contributed by atoms with E-state index in [1.807, 2.05) is 40.9 Å². The summed E-state index contributed by atoms with van der Waals surface area (Å²) in [5.74, 6) is 10.4. The van der Waals surface area contributed by atoms with Crippen LogP contribution in [-0.4, -0.2) is 8.07 Å². The van der Waals surface area contributed by atoms with Gasteiger partial charge in [-0.15, -0.1) is 45.5 Å². The largest absolute Gasteiger partial charge is 0.146 e. The van der Waals surface area contributed by atoms with Gasteiger partial charge in [-0.25, -0.2) is 0 Å². The summed E-state index contributed by atoms with van der Waals surface area (Å²) in [5, 5.41) is 4.44. The maximum atomic E-state index is 3.99. The van der Waals surface area contributed by atoms with Crippen LogP contribution in [0.2, 0.25) is 16.6 Å². The van der Waals surface area contributed by atoms with Crippen LogP contribution < -0.4 is 9.06 Å². The van der Waals surface area contributed by atoms with Crippen LogP contribution in [0.5, 0.6) is 0 Å². The van der Waals surface area contributed by atoms with Gasteiger partial charge in [0.25, 0.3) is 0 Å². The average molecular weight is 489 g/mol. The first-order chi connectivity index (χ1) is 15.3. The Bertz CT molecular complexity index is 1460. The van der Waals surface area contributed by atoms with Crippen molar-refractivity contribution >= 4 is 53.2 Å². The Hall–Kier alpha value is -1.82. The van der Waals surface area contributed by atoms with E-state index in [4.69, 9.17) is 0 Å². The monoisotopic (exact) mass is 488 g/mol. The highest BCUT2D eigenvalue weighted by molar-refractivity contribution is 7.14. The SMILES string of the molecule is CC#CC1=c2sc3c(c2-c2ccsc21)-c1ccsc1C=3C#C[Si](C(C)C)(C(C)C)C(C)C. The van der Waals surface area contributed by atoms with Gasteiger partial charge in [0.05, 0.1) is 30.0 Å². The zero-order valence-corrected chi connectivity index (χ0v) is 23.2. The molecule has 0 radical (unpaired) electrons. The van der Waals surface area contributed by atoms with Crippen LogP contribution >= 0.6 is 34.0 Å². The number of hydrogen-bond acceptors (Lipinski definition) is 3. The molecule has 0 atom stereocenters. The first-order valence-corrected chi connectivity index (χ1v) is 16.2. The summed E-state index contributed by atoms with van der Waals surface area (Å²) in [5.41, 5.74) is 13.9.